The quantitative estimate of drug-likeness (QED) is 0.777. The van der Waals surface area contributed by atoms with Gasteiger partial charge < -0.3 is 15.4 Å². The van der Waals surface area contributed by atoms with Crippen LogP contribution in [-0.4, -0.2) is 30.9 Å². The summed E-state index contributed by atoms with van der Waals surface area (Å²) in [6, 6.07) is 10.6. The topological polar surface area (TPSA) is 84.5 Å². The van der Waals surface area contributed by atoms with Crippen molar-refractivity contribution in [3.05, 3.63) is 65.0 Å². The molecule has 0 saturated carbocycles. The Bertz CT molecular complexity index is 836. The fourth-order valence-corrected chi connectivity index (χ4v) is 2.15. The van der Waals surface area contributed by atoms with Gasteiger partial charge in [0.15, 0.2) is 6.61 Å². The molecule has 2 aromatic carbocycles. The highest BCUT2D eigenvalue weighted by molar-refractivity contribution is 5.96. The molecule has 0 atom stereocenters. The number of rotatable bonds is 6. The van der Waals surface area contributed by atoms with Crippen LogP contribution in [0.25, 0.3) is 0 Å². The summed E-state index contributed by atoms with van der Waals surface area (Å²) in [5, 5.41) is 4.96. The Morgan fingerprint density at radius 2 is 1.81 bits per heavy atom. The molecule has 2 rings (SSSR count). The van der Waals surface area contributed by atoms with Crippen molar-refractivity contribution in [2.75, 3.05) is 18.5 Å². The van der Waals surface area contributed by atoms with Crippen molar-refractivity contribution in [1.82, 2.24) is 5.32 Å². The predicted molar refractivity (Wildman–Crippen MR) is 94.2 cm³/mol. The number of nitrogens with one attached hydrogen (secondary N) is 2. The molecule has 2 N–H and O–H groups in total. The van der Waals surface area contributed by atoms with Crippen molar-refractivity contribution in [2.45, 2.75) is 13.8 Å². The minimum absolute atomic E-state index is 0.0884. The van der Waals surface area contributed by atoms with E-state index in [0.29, 0.717) is 5.69 Å². The first-order valence-electron chi connectivity index (χ1n) is 7.92. The third-order valence-corrected chi connectivity index (χ3v) is 3.72. The molecule has 7 heteroatoms. The lowest BCUT2D eigenvalue weighted by Crippen LogP contribution is -2.32. The summed E-state index contributed by atoms with van der Waals surface area (Å²) in [7, 11) is 0. The minimum atomic E-state index is -0.772. The molecule has 136 valence electrons. The Labute approximate surface area is 150 Å². The Balaban J connectivity index is 1.77. The Kier molecular flexibility index (Phi) is 6.43. The number of ether oxygens (including phenoxy) is 1. The van der Waals surface area contributed by atoms with Crippen molar-refractivity contribution in [1.29, 1.82) is 0 Å². The second-order valence-electron chi connectivity index (χ2n) is 5.65. The number of benzene rings is 2. The molecule has 0 unspecified atom stereocenters. The van der Waals surface area contributed by atoms with Crippen LogP contribution < -0.4 is 10.6 Å². The monoisotopic (exact) mass is 358 g/mol. The zero-order chi connectivity index (χ0) is 19.1. The lowest BCUT2D eigenvalue weighted by atomic mass is 10.1. The van der Waals surface area contributed by atoms with Crippen LogP contribution in [0.15, 0.2) is 42.5 Å². The number of amides is 2. The third-order valence-electron chi connectivity index (χ3n) is 3.72. The fourth-order valence-electron chi connectivity index (χ4n) is 2.15. The molecule has 26 heavy (non-hydrogen) atoms. The van der Waals surface area contributed by atoms with Gasteiger partial charge >= 0.3 is 5.97 Å². The fraction of sp³-hybridized carbons (Fsp3) is 0.211. The minimum Gasteiger partial charge on any atom is -0.454 e. The van der Waals surface area contributed by atoms with Gasteiger partial charge in [-0.25, -0.2) is 4.39 Å². The lowest BCUT2D eigenvalue weighted by molar-refractivity contribution is -0.146. The number of carbonyl (C=O) groups excluding carboxylic acids is 3. The van der Waals surface area contributed by atoms with Gasteiger partial charge in [0, 0.05) is 11.3 Å². The van der Waals surface area contributed by atoms with Gasteiger partial charge in [-0.15, -0.1) is 0 Å². The normalized spacial score (nSPS) is 10.1. The smallest absolute Gasteiger partial charge is 0.325 e. The SMILES string of the molecule is Cc1cccc(NC(=O)COC(=O)CNC(=O)c2cccc(F)c2)c1C. The number of esters is 1. The molecule has 0 spiro atoms. The zero-order valence-corrected chi connectivity index (χ0v) is 14.5. The van der Waals surface area contributed by atoms with Gasteiger partial charge in [-0.05, 0) is 49.2 Å². The van der Waals surface area contributed by atoms with E-state index in [2.05, 4.69) is 10.6 Å². The summed E-state index contributed by atoms with van der Waals surface area (Å²) in [4.78, 5) is 35.3. The summed E-state index contributed by atoms with van der Waals surface area (Å²) in [6.45, 7) is 2.90. The zero-order valence-electron chi connectivity index (χ0n) is 14.5. The van der Waals surface area contributed by atoms with Crippen LogP contribution in [0.2, 0.25) is 0 Å². The molecule has 6 nitrogen and oxygen atoms in total. The van der Waals surface area contributed by atoms with Crippen molar-refractivity contribution < 1.29 is 23.5 Å². The van der Waals surface area contributed by atoms with E-state index in [1.54, 1.807) is 6.07 Å². The number of hydrogen-bond acceptors (Lipinski definition) is 4. The highest BCUT2D eigenvalue weighted by atomic mass is 19.1. The van der Waals surface area contributed by atoms with Gasteiger partial charge in [0.2, 0.25) is 0 Å². The lowest BCUT2D eigenvalue weighted by Gasteiger charge is -2.11. The van der Waals surface area contributed by atoms with Crippen LogP contribution in [0, 0.1) is 19.7 Å². The van der Waals surface area contributed by atoms with Crippen LogP contribution in [0.5, 0.6) is 0 Å². The van der Waals surface area contributed by atoms with Gasteiger partial charge in [-0.2, -0.15) is 0 Å². The summed E-state index contributed by atoms with van der Waals surface area (Å²) in [6.07, 6.45) is 0. The predicted octanol–water partition coefficient (Wildman–Crippen LogP) is 2.35. The first-order chi connectivity index (χ1) is 12.4. The second kappa shape index (κ2) is 8.75. The molecule has 0 saturated heterocycles. The summed E-state index contributed by atoms with van der Waals surface area (Å²) >= 11 is 0. The molecular formula is C19H19FN2O4. The van der Waals surface area contributed by atoms with Crippen LogP contribution >= 0.6 is 0 Å². The number of carbonyl (C=O) groups is 3. The molecule has 0 aliphatic heterocycles. The first-order valence-corrected chi connectivity index (χ1v) is 7.92. The van der Waals surface area contributed by atoms with Gasteiger partial charge in [0.1, 0.15) is 12.4 Å². The molecule has 0 radical (unpaired) electrons. The Morgan fingerprint density at radius 3 is 2.54 bits per heavy atom. The maximum atomic E-state index is 13.1. The summed E-state index contributed by atoms with van der Waals surface area (Å²) in [5.74, 6) is -2.42. The number of anilines is 1. The van der Waals surface area contributed by atoms with E-state index in [4.69, 9.17) is 4.74 Å². The molecule has 0 aromatic heterocycles. The van der Waals surface area contributed by atoms with Gasteiger partial charge in [0.05, 0.1) is 0 Å². The number of aryl methyl sites for hydroxylation is 1. The molecule has 0 aliphatic carbocycles. The van der Waals surface area contributed by atoms with Gasteiger partial charge in [-0.3, -0.25) is 14.4 Å². The third kappa shape index (κ3) is 5.41. The number of hydrogen-bond donors (Lipinski definition) is 2. The van der Waals surface area contributed by atoms with E-state index in [-0.39, 0.29) is 5.56 Å². The van der Waals surface area contributed by atoms with Crippen molar-refractivity contribution in [3.63, 3.8) is 0 Å². The van der Waals surface area contributed by atoms with Gasteiger partial charge in [0.25, 0.3) is 11.8 Å². The highest BCUT2D eigenvalue weighted by Crippen LogP contribution is 2.17. The average Bonchev–Trinajstić information content (AvgIpc) is 2.61. The van der Waals surface area contributed by atoms with E-state index in [1.807, 2.05) is 26.0 Å². The van der Waals surface area contributed by atoms with Crippen LogP contribution in [0.3, 0.4) is 0 Å². The molecule has 0 aliphatic rings. The molecule has 0 bridgehead atoms. The maximum absolute atomic E-state index is 13.1. The van der Waals surface area contributed by atoms with Crippen LogP contribution in [0.4, 0.5) is 10.1 Å². The molecule has 0 heterocycles. The maximum Gasteiger partial charge on any atom is 0.325 e. The summed E-state index contributed by atoms with van der Waals surface area (Å²) < 4.78 is 17.9. The van der Waals surface area contributed by atoms with E-state index in [1.165, 1.54) is 18.2 Å². The molecule has 2 aromatic rings. The molecular weight excluding hydrogens is 339 g/mol. The largest absolute Gasteiger partial charge is 0.454 e. The van der Waals surface area contributed by atoms with Crippen molar-refractivity contribution >= 4 is 23.5 Å². The average molecular weight is 358 g/mol. The van der Waals surface area contributed by atoms with Crippen molar-refractivity contribution in [2.24, 2.45) is 0 Å². The summed E-state index contributed by atoms with van der Waals surface area (Å²) in [5.41, 5.74) is 2.69. The van der Waals surface area contributed by atoms with E-state index >= 15 is 0 Å². The first kappa shape index (κ1) is 19.1. The van der Waals surface area contributed by atoms with Crippen molar-refractivity contribution in [3.8, 4) is 0 Å². The van der Waals surface area contributed by atoms with Crippen LogP contribution in [-0.2, 0) is 14.3 Å². The van der Waals surface area contributed by atoms with E-state index in [9.17, 15) is 18.8 Å². The van der Waals surface area contributed by atoms with E-state index < -0.39 is 36.8 Å². The highest BCUT2D eigenvalue weighted by Gasteiger charge is 2.12. The Hall–Kier alpha value is -3.22. The van der Waals surface area contributed by atoms with Gasteiger partial charge in [-0.1, -0.05) is 18.2 Å². The van der Waals surface area contributed by atoms with E-state index in [0.717, 1.165) is 17.2 Å². The standard InChI is InChI=1S/C19H19FN2O4/c1-12-5-3-8-16(13(12)2)22-17(23)11-26-18(24)10-21-19(25)14-6-4-7-15(20)9-14/h3-9H,10-11H2,1-2H3,(H,21,25)(H,22,23). The molecule has 0 fully saturated rings. The Morgan fingerprint density at radius 1 is 1.08 bits per heavy atom. The number of halogens is 1. The second-order valence-corrected chi connectivity index (χ2v) is 5.65. The van der Waals surface area contributed by atoms with Crippen LogP contribution in [0.1, 0.15) is 21.5 Å². The molecule has 2 amide bonds.